The number of aromatic nitrogens is 3. The van der Waals surface area contributed by atoms with Crippen molar-refractivity contribution in [1.29, 1.82) is 0 Å². The lowest BCUT2D eigenvalue weighted by Crippen LogP contribution is -2.47. The number of halogens is 1. The molecule has 0 aliphatic carbocycles. The second-order valence-electron chi connectivity index (χ2n) is 5.65. The maximum Gasteiger partial charge on any atom is 0.276 e. The number of nitrogens with one attached hydrogen (secondary N) is 1. The number of para-hydroxylation sites is 1. The molecule has 124 valence electrons. The predicted molar refractivity (Wildman–Crippen MR) is 91.3 cm³/mol. The second kappa shape index (κ2) is 7.57. The van der Waals surface area contributed by atoms with Gasteiger partial charge in [-0.3, -0.25) is 4.79 Å². The summed E-state index contributed by atoms with van der Waals surface area (Å²) in [6, 6.07) is 10.1. The van der Waals surface area contributed by atoms with Gasteiger partial charge >= 0.3 is 0 Å². The highest BCUT2D eigenvalue weighted by atomic mass is 35.5. The Balaban J connectivity index is 0.00000192. The molecule has 1 N–H and O–H groups in total. The highest BCUT2D eigenvalue weighted by Crippen LogP contribution is 2.16. The van der Waals surface area contributed by atoms with Crippen molar-refractivity contribution in [3.8, 4) is 5.69 Å². The minimum absolute atomic E-state index is 0. The Morgan fingerprint density at radius 3 is 2.74 bits per heavy atom. The second-order valence-corrected chi connectivity index (χ2v) is 5.65. The van der Waals surface area contributed by atoms with E-state index in [1.807, 2.05) is 49.2 Å². The van der Waals surface area contributed by atoms with Crippen LogP contribution in [0.5, 0.6) is 0 Å². The maximum atomic E-state index is 12.7. The van der Waals surface area contributed by atoms with Crippen molar-refractivity contribution in [2.45, 2.75) is 25.8 Å². The Hall–Kier alpha value is -1.92. The van der Waals surface area contributed by atoms with Crippen LogP contribution in [0.25, 0.3) is 5.69 Å². The number of piperidine rings is 1. The molecule has 0 spiro atoms. The summed E-state index contributed by atoms with van der Waals surface area (Å²) in [5.74, 6) is -0.0281. The number of likely N-dealkylation sites (N-methyl/N-ethyl adjacent to an activating group) is 1. The molecule has 0 radical (unpaired) electrons. The van der Waals surface area contributed by atoms with Crippen molar-refractivity contribution < 1.29 is 4.79 Å². The molecule has 1 aromatic heterocycles. The van der Waals surface area contributed by atoms with Gasteiger partial charge in [0.05, 0.1) is 11.4 Å². The Morgan fingerprint density at radius 1 is 1.30 bits per heavy atom. The number of likely N-dealkylation sites (tertiary alicyclic amines) is 1. The van der Waals surface area contributed by atoms with Crippen molar-refractivity contribution >= 4 is 18.3 Å². The lowest BCUT2D eigenvalue weighted by atomic mass is 10.1. The van der Waals surface area contributed by atoms with Crippen LogP contribution in [0, 0.1) is 6.92 Å². The topological polar surface area (TPSA) is 63.1 Å². The van der Waals surface area contributed by atoms with Crippen LogP contribution in [0.1, 0.15) is 29.0 Å². The number of amides is 1. The van der Waals surface area contributed by atoms with E-state index in [4.69, 9.17) is 0 Å². The monoisotopic (exact) mass is 335 g/mol. The first-order chi connectivity index (χ1) is 10.7. The van der Waals surface area contributed by atoms with Gasteiger partial charge in [0, 0.05) is 19.1 Å². The van der Waals surface area contributed by atoms with Gasteiger partial charge in [0.1, 0.15) is 0 Å². The first-order valence-corrected chi connectivity index (χ1v) is 7.65. The molecule has 2 aromatic rings. The van der Waals surface area contributed by atoms with Crippen LogP contribution in [0.3, 0.4) is 0 Å². The molecule has 1 amide bonds. The zero-order valence-corrected chi connectivity index (χ0v) is 14.2. The molecule has 3 rings (SSSR count). The Labute approximate surface area is 142 Å². The molecule has 1 atom stereocenters. The standard InChI is InChI=1S/C16H21N5O.ClH/c1-12-15(16(22)20-10-6-7-13(11-20)17-2)18-19-21(12)14-8-4-3-5-9-14;/h3-5,8-9,13,17H,6-7,10-11H2,1-2H3;1H. The summed E-state index contributed by atoms with van der Waals surface area (Å²) in [5, 5.41) is 11.5. The number of benzene rings is 1. The van der Waals surface area contributed by atoms with E-state index in [1.165, 1.54) is 0 Å². The smallest absolute Gasteiger partial charge is 0.276 e. The van der Waals surface area contributed by atoms with E-state index in [2.05, 4.69) is 15.6 Å². The molecule has 1 unspecified atom stereocenters. The Kier molecular flexibility index (Phi) is 5.74. The van der Waals surface area contributed by atoms with E-state index >= 15 is 0 Å². The third kappa shape index (κ3) is 3.54. The van der Waals surface area contributed by atoms with Crippen LogP contribution in [-0.2, 0) is 0 Å². The fraction of sp³-hybridized carbons (Fsp3) is 0.438. The van der Waals surface area contributed by atoms with Gasteiger partial charge in [-0.25, -0.2) is 4.68 Å². The van der Waals surface area contributed by atoms with Gasteiger partial charge in [0.2, 0.25) is 0 Å². The minimum atomic E-state index is -0.0281. The lowest BCUT2D eigenvalue weighted by molar-refractivity contribution is 0.0691. The molecule has 2 heterocycles. The largest absolute Gasteiger partial charge is 0.336 e. The molecule has 1 aliphatic rings. The van der Waals surface area contributed by atoms with Gasteiger partial charge in [-0.05, 0) is 38.9 Å². The van der Waals surface area contributed by atoms with Gasteiger partial charge < -0.3 is 10.2 Å². The van der Waals surface area contributed by atoms with Crippen LogP contribution < -0.4 is 5.32 Å². The molecule has 0 saturated carbocycles. The third-order valence-corrected chi connectivity index (χ3v) is 4.21. The van der Waals surface area contributed by atoms with E-state index in [1.54, 1.807) is 4.68 Å². The van der Waals surface area contributed by atoms with E-state index in [9.17, 15) is 4.79 Å². The summed E-state index contributed by atoms with van der Waals surface area (Å²) in [6.07, 6.45) is 2.12. The Morgan fingerprint density at radius 2 is 2.04 bits per heavy atom. The molecule has 1 fully saturated rings. The zero-order chi connectivity index (χ0) is 15.5. The predicted octanol–water partition coefficient (Wildman–Crippen LogP) is 1.82. The lowest BCUT2D eigenvalue weighted by Gasteiger charge is -2.32. The van der Waals surface area contributed by atoms with Crippen LogP contribution in [0.4, 0.5) is 0 Å². The number of carbonyl (C=O) groups is 1. The first kappa shape index (κ1) is 17.4. The van der Waals surface area contributed by atoms with Crippen LogP contribution >= 0.6 is 12.4 Å². The van der Waals surface area contributed by atoms with Gasteiger partial charge in [-0.15, -0.1) is 17.5 Å². The molecule has 0 bridgehead atoms. The van der Waals surface area contributed by atoms with E-state index in [-0.39, 0.29) is 18.3 Å². The summed E-state index contributed by atoms with van der Waals surface area (Å²) < 4.78 is 1.72. The van der Waals surface area contributed by atoms with Crippen LogP contribution in [0.2, 0.25) is 0 Å². The third-order valence-electron chi connectivity index (χ3n) is 4.21. The molecular formula is C16H22ClN5O. The molecule has 23 heavy (non-hydrogen) atoms. The van der Waals surface area contributed by atoms with Gasteiger partial charge in [-0.2, -0.15) is 0 Å². The number of nitrogens with zero attached hydrogens (tertiary/aromatic N) is 4. The van der Waals surface area contributed by atoms with Crippen LogP contribution in [0.15, 0.2) is 30.3 Å². The zero-order valence-electron chi connectivity index (χ0n) is 13.4. The van der Waals surface area contributed by atoms with E-state index < -0.39 is 0 Å². The summed E-state index contributed by atoms with van der Waals surface area (Å²) in [5.41, 5.74) is 2.14. The summed E-state index contributed by atoms with van der Waals surface area (Å²) >= 11 is 0. The SMILES string of the molecule is CNC1CCCN(C(=O)c2nnn(-c3ccccc3)c2C)C1.Cl. The van der Waals surface area contributed by atoms with Crippen molar-refractivity contribution in [2.75, 3.05) is 20.1 Å². The van der Waals surface area contributed by atoms with Crippen molar-refractivity contribution in [2.24, 2.45) is 0 Å². The average molecular weight is 336 g/mol. The highest BCUT2D eigenvalue weighted by molar-refractivity contribution is 5.93. The average Bonchev–Trinajstić information content (AvgIpc) is 2.96. The van der Waals surface area contributed by atoms with Crippen molar-refractivity contribution in [3.63, 3.8) is 0 Å². The van der Waals surface area contributed by atoms with Crippen molar-refractivity contribution in [1.82, 2.24) is 25.2 Å². The fourth-order valence-electron chi connectivity index (χ4n) is 2.89. The molecule has 7 heteroatoms. The van der Waals surface area contributed by atoms with Gasteiger partial charge in [-0.1, -0.05) is 23.4 Å². The quantitative estimate of drug-likeness (QED) is 0.929. The molecule has 1 saturated heterocycles. The normalized spacial score (nSPS) is 17.7. The summed E-state index contributed by atoms with van der Waals surface area (Å²) in [6.45, 7) is 3.40. The minimum Gasteiger partial charge on any atom is -0.336 e. The van der Waals surface area contributed by atoms with Gasteiger partial charge in [0.15, 0.2) is 5.69 Å². The fourth-order valence-corrected chi connectivity index (χ4v) is 2.89. The molecular weight excluding hydrogens is 314 g/mol. The molecule has 6 nitrogen and oxygen atoms in total. The summed E-state index contributed by atoms with van der Waals surface area (Å²) in [4.78, 5) is 14.6. The Bertz CT molecular complexity index is 658. The summed E-state index contributed by atoms with van der Waals surface area (Å²) in [7, 11) is 1.94. The van der Waals surface area contributed by atoms with Gasteiger partial charge in [0.25, 0.3) is 5.91 Å². The number of carbonyl (C=O) groups excluding carboxylic acids is 1. The molecule has 1 aliphatic heterocycles. The number of hydrogen-bond donors (Lipinski definition) is 1. The van der Waals surface area contributed by atoms with E-state index in [0.29, 0.717) is 11.7 Å². The number of rotatable bonds is 3. The van der Waals surface area contributed by atoms with Crippen molar-refractivity contribution in [3.05, 3.63) is 41.7 Å². The van der Waals surface area contributed by atoms with Crippen LogP contribution in [-0.4, -0.2) is 52.0 Å². The first-order valence-electron chi connectivity index (χ1n) is 7.65. The molecule has 1 aromatic carbocycles. The highest BCUT2D eigenvalue weighted by Gasteiger charge is 2.27. The number of hydrogen-bond acceptors (Lipinski definition) is 4. The maximum absolute atomic E-state index is 12.7. The van der Waals surface area contributed by atoms with E-state index in [0.717, 1.165) is 37.3 Å².